The van der Waals surface area contributed by atoms with Crippen LogP contribution in [0.4, 0.5) is 0 Å². The Morgan fingerprint density at radius 2 is 2.40 bits per heavy atom. The van der Waals surface area contributed by atoms with Crippen LogP contribution in [0.3, 0.4) is 0 Å². The monoisotopic (exact) mass is 204 g/mol. The van der Waals surface area contributed by atoms with Gasteiger partial charge in [-0.3, -0.25) is 15.9 Å². The van der Waals surface area contributed by atoms with Gasteiger partial charge in [0, 0.05) is 12.4 Å². The number of hydrazine groups is 1. The second kappa shape index (κ2) is 4.16. The van der Waals surface area contributed by atoms with Crippen molar-refractivity contribution in [2.24, 2.45) is 5.84 Å². The maximum atomic E-state index is 5.50. The Bertz CT molecular complexity index is 424. The van der Waals surface area contributed by atoms with Crippen molar-refractivity contribution in [2.45, 2.75) is 13.0 Å². The first-order valence-electron chi connectivity index (χ1n) is 4.55. The summed E-state index contributed by atoms with van der Waals surface area (Å²) in [7, 11) is 0. The molecule has 15 heavy (non-hydrogen) atoms. The van der Waals surface area contributed by atoms with Gasteiger partial charge in [-0.15, -0.1) is 0 Å². The lowest BCUT2D eigenvalue weighted by Crippen LogP contribution is -2.30. The molecule has 6 heteroatoms. The van der Waals surface area contributed by atoms with Crippen LogP contribution in [0.15, 0.2) is 24.8 Å². The van der Waals surface area contributed by atoms with Crippen LogP contribution in [0.2, 0.25) is 0 Å². The number of nitrogens with zero attached hydrogens (tertiary/aromatic N) is 3. The first-order valence-corrected chi connectivity index (χ1v) is 4.55. The van der Waals surface area contributed by atoms with Gasteiger partial charge in [-0.1, -0.05) is 0 Å². The summed E-state index contributed by atoms with van der Waals surface area (Å²) in [4.78, 5) is 8.13. The minimum atomic E-state index is -0.207. The van der Waals surface area contributed by atoms with E-state index >= 15 is 0 Å². The Morgan fingerprint density at radius 3 is 3.00 bits per heavy atom. The number of nitrogens with one attached hydrogen (secondary N) is 2. The van der Waals surface area contributed by atoms with E-state index in [-0.39, 0.29) is 6.04 Å². The second-order valence-corrected chi connectivity index (χ2v) is 3.20. The van der Waals surface area contributed by atoms with Gasteiger partial charge in [-0.25, -0.2) is 10.4 Å². The highest BCUT2D eigenvalue weighted by Crippen LogP contribution is 2.19. The summed E-state index contributed by atoms with van der Waals surface area (Å²) < 4.78 is 0. The van der Waals surface area contributed by atoms with Crippen molar-refractivity contribution in [2.75, 3.05) is 0 Å². The van der Waals surface area contributed by atoms with Crippen LogP contribution in [0.5, 0.6) is 0 Å². The van der Waals surface area contributed by atoms with Gasteiger partial charge in [0.15, 0.2) is 0 Å². The Labute approximate surface area is 86.9 Å². The quantitative estimate of drug-likeness (QED) is 0.485. The average molecular weight is 204 g/mol. The molecule has 0 spiro atoms. The van der Waals surface area contributed by atoms with Crippen molar-refractivity contribution in [1.82, 2.24) is 25.6 Å². The Kier molecular flexibility index (Phi) is 2.70. The number of aromatic amines is 1. The van der Waals surface area contributed by atoms with Crippen LogP contribution < -0.4 is 11.3 Å². The molecule has 0 aliphatic rings. The molecule has 0 aliphatic heterocycles. The van der Waals surface area contributed by atoms with E-state index in [1.54, 1.807) is 12.4 Å². The third-order valence-electron chi connectivity index (χ3n) is 2.26. The van der Waals surface area contributed by atoms with Crippen molar-refractivity contribution in [3.05, 3.63) is 41.7 Å². The van der Waals surface area contributed by atoms with Crippen LogP contribution >= 0.6 is 0 Å². The Morgan fingerprint density at radius 1 is 1.53 bits per heavy atom. The minimum absolute atomic E-state index is 0.207. The summed E-state index contributed by atoms with van der Waals surface area (Å²) in [5.41, 5.74) is 4.77. The Balaban J connectivity index is 2.40. The van der Waals surface area contributed by atoms with E-state index < -0.39 is 0 Å². The van der Waals surface area contributed by atoms with Gasteiger partial charge in [0.05, 0.1) is 0 Å². The predicted octanol–water partition coefficient (Wildman–Crippen LogP) is 0.0608. The number of pyridine rings is 1. The first kappa shape index (κ1) is 9.75. The van der Waals surface area contributed by atoms with E-state index in [1.165, 1.54) is 6.33 Å². The molecule has 0 radical (unpaired) electrons. The number of rotatable bonds is 3. The van der Waals surface area contributed by atoms with Gasteiger partial charge in [-0.2, -0.15) is 5.10 Å². The molecule has 0 aliphatic carbocycles. The zero-order valence-electron chi connectivity index (χ0n) is 8.31. The van der Waals surface area contributed by atoms with Gasteiger partial charge in [0.1, 0.15) is 18.2 Å². The molecule has 0 fully saturated rings. The standard InChI is InChI=1S/C9H12N6/c1-6-2-3-11-4-7(6)8(14-10)9-12-5-13-15-9/h2-5,8,14H,10H2,1H3,(H,12,13,15). The molecule has 4 N–H and O–H groups in total. The largest absolute Gasteiger partial charge is 0.270 e. The Hall–Kier alpha value is -1.79. The number of aryl methyl sites for hydroxylation is 1. The molecule has 0 amide bonds. The summed E-state index contributed by atoms with van der Waals surface area (Å²) in [6.45, 7) is 2.00. The molecule has 1 atom stereocenters. The summed E-state index contributed by atoms with van der Waals surface area (Å²) >= 11 is 0. The maximum Gasteiger partial charge on any atom is 0.147 e. The van der Waals surface area contributed by atoms with E-state index in [0.29, 0.717) is 5.82 Å². The molecule has 2 rings (SSSR count). The fraction of sp³-hybridized carbons (Fsp3) is 0.222. The lowest BCUT2D eigenvalue weighted by Gasteiger charge is -2.14. The molecule has 6 nitrogen and oxygen atoms in total. The smallest absolute Gasteiger partial charge is 0.147 e. The molecular formula is C9H12N6. The number of hydrogen-bond donors (Lipinski definition) is 3. The van der Waals surface area contributed by atoms with Crippen LogP contribution in [-0.2, 0) is 0 Å². The number of nitrogens with two attached hydrogens (primary N) is 1. The van der Waals surface area contributed by atoms with Crippen molar-refractivity contribution in [3.8, 4) is 0 Å². The van der Waals surface area contributed by atoms with Crippen molar-refractivity contribution in [3.63, 3.8) is 0 Å². The fourth-order valence-electron chi connectivity index (χ4n) is 1.45. The lowest BCUT2D eigenvalue weighted by atomic mass is 10.0. The normalized spacial score (nSPS) is 12.7. The highest BCUT2D eigenvalue weighted by molar-refractivity contribution is 5.29. The van der Waals surface area contributed by atoms with Gasteiger partial charge < -0.3 is 0 Å². The topological polar surface area (TPSA) is 92.5 Å². The third-order valence-corrected chi connectivity index (χ3v) is 2.26. The van der Waals surface area contributed by atoms with Crippen molar-refractivity contribution >= 4 is 0 Å². The van der Waals surface area contributed by atoms with Gasteiger partial charge >= 0.3 is 0 Å². The second-order valence-electron chi connectivity index (χ2n) is 3.20. The number of H-pyrrole nitrogens is 1. The van der Waals surface area contributed by atoms with Crippen LogP contribution in [0, 0.1) is 6.92 Å². The lowest BCUT2D eigenvalue weighted by molar-refractivity contribution is 0.599. The number of aromatic nitrogens is 4. The minimum Gasteiger partial charge on any atom is -0.270 e. The molecule has 0 saturated heterocycles. The molecule has 2 aromatic rings. The molecule has 2 aromatic heterocycles. The highest BCUT2D eigenvalue weighted by atomic mass is 15.3. The predicted molar refractivity (Wildman–Crippen MR) is 54.5 cm³/mol. The van der Waals surface area contributed by atoms with Gasteiger partial charge in [-0.05, 0) is 24.1 Å². The van der Waals surface area contributed by atoms with Crippen LogP contribution in [0.1, 0.15) is 23.0 Å². The average Bonchev–Trinajstić information content (AvgIpc) is 2.75. The third kappa shape index (κ3) is 1.85. The molecule has 0 aromatic carbocycles. The molecule has 78 valence electrons. The SMILES string of the molecule is Cc1ccncc1C(NN)c1ncn[nH]1. The van der Waals surface area contributed by atoms with E-state index in [1.807, 2.05) is 13.0 Å². The van der Waals surface area contributed by atoms with E-state index in [2.05, 4.69) is 25.6 Å². The summed E-state index contributed by atoms with van der Waals surface area (Å²) in [6, 6.07) is 1.72. The summed E-state index contributed by atoms with van der Waals surface area (Å²) in [5, 5.41) is 6.58. The molecule has 1 unspecified atom stereocenters. The number of hydrogen-bond acceptors (Lipinski definition) is 5. The van der Waals surface area contributed by atoms with Crippen molar-refractivity contribution < 1.29 is 0 Å². The highest BCUT2D eigenvalue weighted by Gasteiger charge is 2.16. The van der Waals surface area contributed by atoms with E-state index in [9.17, 15) is 0 Å². The van der Waals surface area contributed by atoms with E-state index in [0.717, 1.165) is 11.1 Å². The summed E-state index contributed by atoms with van der Waals surface area (Å²) in [5.74, 6) is 6.17. The maximum absolute atomic E-state index is 5.50. The fourth-order valence-corrected chi connectivity index (χ4v) is 1.45. The van der Waals surface area contributed by atoms with Crippen LogP contribution in [0.25, 0.3) is 0 Å². The van der Waals surface area contributed by atoms with Crippen LogP contribution in [-0.4, -0.2) is 20.2 Å². The molecule has 0 saturated carbocycles. The zero-order valence-corrected chi connectivity index (χ0v) is 8.31. The molecule has 0 bridgehead atoms. The van der Waals surface area contributed by atoms with Gasteiger partial charge in [0.25, 0.3) is 0 Å². The van der Waals surface area contributed by atoms with E-state index in [4.69, 9.17) is 5.84 Å². The van der Waals surface area contributed by atoms with Crippen molar-refractivity contribution in [1.29, 1.82) is 0 Å². The zero-order chi connectivity index (χ0) is 10.7. The molecule has 2 heterocycles. The first-order chi connectivity index (χ1) is 7.33. The summed E-state index contributed by atoms with van der Waals surface area (Å²) in [6.07, 6.45) is 4.96. The molecular weight excluding hydrogens is 192 g/mol. The van der Waals surface area contributed by atoms with Gasteiger partial charge in [0.2, 0.25) is 0 Å².